The molecule has 1 N–H and O–H groups in total. The number of anilines is 1. The first kappa shape index (κ1) is 20.2. The van der Waals surface area contributed by atoms with Gasteiger partial charge in [-0.15, -0.1) is 0 Å². The summed E-state index contributed by atoms with van der Waals surface area (Å²) in [6.07, 6.45) is 0.959. The van der Waals surface area contributed by atoms with Gasteiger partial charge in [-0.05, 0) is 24.3 Å². The molecule has 9 heteroatoms. The van der Waals surface area contributed by atoms with E-state index in [-0.39, 0.29) is 12.1 Å². The Hall–Kier alpha value is -2.16. The van der Waals surface area contributed by atoms with Crippen LogP contribution < -0.4 is 10.1 Å². The number of nitrogens with zero attached hydrogens (tertiary/aromatic N) is 1. The van der Waals surface area contributed by atoms with E-state index in [1.807, 2.05) is 0 Å². The van der Waals surface area contributed by atoms with Gasteiger partial charge in [-0.1, -0.05) is 29.8 Å². The summed E-state index contributed by atoms with van der Waals surface area (Å²) in [6.45, 7) is -0.742. The lowest BCUT2D eigenvalue weighted by molar-refractivity contribution is -0.116. The first-order valence-corrected chi connectivity index (χ1v) is 9.75. The van der Waals surface area contributed by atoms with Crippen LogP contribution >= 0.6 is 11.6 Å². The minimum Gasteiger partial charge on any atom is -0.495 e. The molecule has 0 saturated carbocycles. The molecule has 1 amide bonds. The number of sulfonamides is 1. The van der Waals surface area contributed by atoms with Crippen LogP contribution in [0.2, 0.25) is 5.02 Å². The fourth-order valence-corrected chi connectivity index (χ4v) is 3.13. The molecule has 0 saturated heterocycles. The van der Waals surface area contributed by atoms with Gasteiger partial charge in [0.25, 0.3) is 0 Å². The molecule has 0 bridgehead atoms. The maximum absolute atomic E-state index is 13.8. The van der Waals surface area contributed by atoms with Crippen LogP contribution in [0.4, 0.5) is 10.1 Å². The topological polar surface area (TPSA) is 75.7 Å². The predicted octanol–water partition coefficient (Wildman–Crippen LogP) is 2.89. The Morgan fingerprint density at radius 2 is 1.96 bits per heavy atom. The maximum Gasteiger partial charge on any atom is 0.239 e. The number of hydrogen-bond donors (Lipinski definition) is 1. The molecule has 2 aromatic carbocycles. The van der Waals surface area contributed by atoms with Gasteiger partial charge in [0.1, 0.15) is 11.6 Å². The quantitative estimate of drug-likeness (QED) is 0.775. The molecule has 0 aliphatic rings. The molecule has 0 aliphatic heterocycles. The third-order valence-electron chi connectivity index (χ3n) is 3.53. The van der Waals surface area contributed by atoms with E-state index in [0.717, 1.165) is 10.6 Å². The Kier molecular flexibility index (Phi) is 6.57. The zero-order valence-electron chi connectivity index (χ0n) is 14.2. The fourth-order valence-electron chi connectivity index (χ4n) is 2.23. The lowest BCUT2D eigenvalue weighted by Crippen LogP contribution is -2.37. The summed E-state index contributed by atoms with van der Waals surface area (Å²) in [5.74, 6) is -0.770. The van der Waals surface area contributed by atoms with Gasteiger partial charge in [-0.25, -0.2) is 12.8 Å². The van der Waals surface area contributed by atoms with E-state index in [0.29, 0.717) is 16.5 Å². The first-order chi connectivity index (χ1) is 12.2. The minimum absolute atomic E-state index is 0.172. The largest absolute Gasteiger partial charge is 0.495 e. The number of nitrogens with one attached hydrogen (secondary N) is 1. The smallest absolute Gasteiger partial charge is 0.239 e. The number of hydrogen-bond acceptors (Lipinski definition) is 4. The highest BCUT2D eigenvalue weighted by atomic mass is 35.5. The summed E-state index contributed by atoms with van der Waals surface area (Å²) < 4.78 is 43.8. The van der Waals surface area contributed by atoms with Crippen LogP contribution in [0.1, 0.15) is 5.56 Å². The van der Waals surface area contributed by atoms with Crippen LogP contribution in [0.3, 0.4) is 0 Å². The Morgan fingerprint density at radius 3 is 2.58 bits per heavy atom. The third kappa shape index (κ3) is 5.42. The van der Waals surface area contributed by atoms with Crippen molar-refractivity contribution in [2.24, 2.45) is 0 Å². The van der Waals surface area contributed by atoms with Crippen molar-refractivity contribution < 1.29 is 22.3 Å². The van der Waals surface area contributed by atoms with Crippen molar-refractivity contribution in [2.75, 3.05) is 25.2 Å². The van der Waals surface area contributed by atoms with Crippen molar-refractivity contribution in [3.63, 3.8) is 0 Å². The molecule has 0 spiro atoms. The molecular formula is C17H18ClFN2O4S. The van der Waals surface area contributed by atoms with Crippen molar-refractivity contribution in [1.82, 2.24) is 4.31 Å². The highest BCUT2D eigenvalue weighted by Gasteiger charge is 2.22. The molecule has 140 valence electrons. The van der Waals surface area contributed by atoms with Gasteiger partial charge in [-0.2, -0.15) is 4.31 Å². The van der Waals surface area contributed by atoms with Crippen molar-refractivity contribution in [1.29, 1.82) is 0 Å². The molecule has 0 aromatic heterocycles. The van der Waals surface area contributed by atoms with Gasteiger partial charge in [-0.3, -0.25) is 4.79 Å². The average molecular weight is 401 g/mol. The van der Waals surface area contributed by atoms with E-state index in [4.69, 9.17) is 16.3 Å². The fraction of sp³-hybridized carbons (Fsp3) is 0.235. The number of amides is 1. The van der Waals surface area contributed by atoms with Crippen molar-refractivity contribution in [2.45, 2.75) is 6.54 Å². The standard InChI is InChI=1S/C17H18ClFN2O4S/c1-25-16-8-7-13(18)9-15(16)20-17(22)11-21(26(2,23)24)10-12-5-3-4-6-14(12)19/h3-9H,10-11H2,1-2H3,(H,20,22). The maximum atomic E-state index is 13.8. The van der Waals surface area contributed by atoms with E-state index in [9.17, 15) is 17.6 Å². The summed E-state index contributed by atoms with van der Waals surface area (Å²) in [6, 6.07) is 10.4. The number of rotatable bonds is 7. The van der Waals surface area contributed by atoms with Crippen molar-refractivity contribution in [3.8, 4) is 5.75 Å². The Morgan fingerprint density at radius 1 is 1.27 bits per heavy atom. The molecule has 0 radical (unpaired) electrons. The zero-order valence-corrected chi connectivity index (χ0v) is 15.8. The van der Waals surface area contributed by atoms with E-state index >= 15 is 0 Å². The van der Waals surface area contributed by atoms with Crippen LogP contribution in [-0.2, 0) is 21.4 Å². The second-order valence-electron chi connectivity index (χ2n) is 5.52. The second-order valence-corrected chi connectivity index (χ2v) is 7.93. The van der Waals surface area contributed by atoms with Crippen LogP contribution in [0.25, 0.3) is 0 Å². The van der Waals surface area contributed by atoms with Crippen molar-refractivity contribution >= 4 is 33.2 Å². The van der Waals surface area contributed by atoms with Crippen molar-refractivity contribution in [3.05, 3.63) is 58.9 Å². The van der Waals surface area contributed by atoms with Crippen LogP contribution in [0.15, 0.2) is 42.5 Å². The molecule has 2 aromatic rings. The number of ether oxygens (including phenoxy) is 1. The molecule has 0 heterocycles. The van der Waals surface area contributed by atoms with Crippen LogP contribution in [0.5, 0.6) is 5.75 Å². The summed E-state index contributed by atoms with van der Waals surface area (Å²) in [7, 11) is -2.31. The molecule has 2 rings (SSSR count). The van der Waals surface area contributed by atoms with Gasteiger partial charge in [0, 0.05) is 17.1 Å². The molecule has 0 aliphatic carbocycles. The van der Waals surface area contributed by atoms with Gasteiger partial charge < -0.3 is 10.1 Å². The predicted molar refractivity (Wildman–Crippen MR) is 98.3 cm³/mol. The normalized spacial score (nSPS) is 11.4. The van der Waals surface area contributed by atoms with Gasteiger partial charge in [0.05, 0.1) is 25.6 Å². The summed E-state index contributed by atoms with van der Waals surface area (Å²) in [5, 5.41) is 2.94. The molecule has 6 nitrogen and oxygen atoms in total. The lowest BCUT2D eigenvalue weighted by Gasteiger charge is -2.20. The SMILES string of the molecule is COc1ccc(Cl)cc1NC(=O)CN(Cc1ccccc1F)S(C)(=O)=O. The molecule has 0 fully saturated rings. The monoisotopic (exact) mass is 400 g/mol. The Bertz CT molecular complexity index is 905. The number of halogens is 2. The zero-order chi connectivity index (χ0) is 19.3. The molecule has 26 heavy (non-hydrogen) atoms. The number of benzene rings is 2. The summed E-state index contributed by atoms with van der Waals surface area (Å²) in [5.41, 5.74) is 0.482. The first-order valence-electron chi connectivity index (χ1n) is 7.52. The number of methoxy groups -OCH3 is 1. The average Bonchev–Trinajstić information content (AvgIpc) is 2.55. The van der Waals surface area contributed by atoms with Crippen LogP contribution in [0, 0.1) is 5.82 Å². The van der Waals surface area contributed by atoms with E-state index < -0.39 is 28.3 Å². The lowest BCUT2D eigenvalue weighted by atomic mass is 10.2. The van der Waals surface area contributed by atoms with Gasteiger partial charge in [0.2, 0.25) is 15.9 Å². The molecule has 0 atom stereocenters. The van der Waals surface area contributed by atoms with E-state index in [1.54, 1.807) is 18.2 Å². The van der Waals surface area contributed by atoms with E-state index in [2.05, 4.69) is 5.32 Å². The van der Waals surface area contributed by atoms with Crippen LogP contribution in [-0.4, -0.2) is 38.5 Å². The Balaban J connectivity index is 2.17. The van der Waals surface area contributed by atoms with Gasteiger partial charge in [0.15, 0.2) is 0 Å². The summed E-state index contributed by atoms with van der Waals surface area (Å²) in [4.78, 5) is 12.3. The molecule has 0 unspecified atom stereocenters. The summed E-state index contributed by atoms with van der Waals surface area (Å²) >= 11 is 5.91. The van der Waals surface area contributed by atoms with Gasteiger partial charge >= 0.3 is 0 Å². The minimum atomic E-state index is -3.74. The highest BCUT2D eigenvalue weighted by molar-refractivity contribution is 7.88. The Labute approximate surface area is 156 Å². The third-order valence-corrected chi connectivity index (χ3v) is 4.96. The second kappa shape index (κ2) is 8.48. The van der Waals surface area contributed by atoms with E-state index in [1.165, 1.54) is 31.4 Å². The molecular weight excluding hydrogens is 383 g/mol. The number of carbonyl (C=O) groups excluding carboxylic acids is 1. The highest BCUT2D eigenvalue weighted by Crippen LogP contribution is 2.27. The number of carbonyl (C=O) groups is 1.